The van der Waals surface area contributed by atoms with E-state index in [9.17, 15) is 5.26 Å². The van der Waals surface area contributed by atoms with Crippen molar-refractivity contribution in [2.75, 3.05) is 0 Å². The van der Waals surface area contributed by atoms with Crippen molar-refractivity contribution in [1.82, 2.24) is 0 Å². The number of hydrogen-bond acceptors (Lipinski definition) is 1. The number of unbranched alkanes of at least 4 members (excludes halogenated alkanes) is 7. The van der Waals surface area contributed by atoms with Gasteiger partial charge < -0.3 is 0 Å². The van der Waals surface area contributed by atoms with Crippen LogP contribution in [0.3, 0.4) is 0 Å². The molecule has 0 radical (unpaired) electrons. The highest BCUT2D eigenvalue weighted by atomic mass is 14.4. The Kier molecular flexibility index (Phi) is 10.5. The highest BCUT2D eigenvalue weighted by Crippen LogP contribution is 2.45. The molecule has 0 atom stereocenters. The van der Waals surface area contributed by atoms with E-state index in [0.29, 0.717) is 5.92 Å². The Labute approximate surface area is 203 Å². The topological polar surface area (TPSA) is 23.8 Å². The zero-order chi connectivity index (χ0) is 23.4. The van der Waals surface area contributed by atoms with Gasteiger partial charge in [0.15, 0.2) is 0 Å². The monoisotopic (exact) mass is 443 g/mol. The fourth-order valence-electron chi connectivity index (χ4n) is 5.53. The minimum absolute atomic E-state index is 0.0562. The molecule has 0 bridgehead atoms. The van der Waals surface area contributed by atoms with Crippen LogP contribution >= 0.6 is 0 Å². The Balaban J connectivity index is 1.47. The minimum Gasteiger partial charge on any atom is -0.198 e. The summed E-state index contributed by atoms with van der Waals surface area (Å²) in [6.07, 6.45) is 18.6. The van der Waals surface area contributed by atoms with E-state index in [-0.39, 0.29) is 5.41 Å². The summed E-state index contributed by atoms with van der Waals surface area (Å²) in [5, 5.41) is 9.95. The van der Waals surface area contributed by atoms with Gasteiger partial charge in [0.1, 0.15) is 0 Å². The average Bonchev–Trinajstić information content (AvgIpc) is 2.88. The highest BCUT2D eigenvalue weighted by Gasteiger charge is 2.35. The second-order valence-electron chi connectivity index (χ2n) is 10.5. The van der Waals surface area contributed by atoms with Crippen LogP contribution in [0.5, 0.6) is 0 Å². The second-order valence-corrected chi connectivity index (χ2v) is 10.5. The molecule has 3 rings (SSSR count). The van der Waals surface area contributed by atoms with Crippen LogP contribution in [0.1, 0.15) is 121 Å². The first kappa shape index (κ1) is 25.6. The van der Waals surface area contributed by atoms with Crippen molar-refractivity contribution in [1.29, 1.82) is 5.26 Å². The second kappa shape index (κ2) is 13.6. The third-order valence-electron chi connectivity index (χ3n) is 7.93. The van der Waals surface area contributed by atoms with Crippen molar-refractivity contribution in [3.8, 4) is 17.2 Å². The van der Waals surface area contributed by atoms with Crippen LogP contribution < -0.4 is 0 Å². The van der Waals surface area contributed by atoms with Crippen LogP contribution in [0.15, 0.2) is 48.5 Å². The molecule has 0 N–H and O–H groups in total. The summed E-state index contributed by atoms with van der Waals surface area (Å²) < 4.78 is 0. The van der Waals surface area contributed by atoms with Gasteiger partial charge in [0.25, 0.3) is 0 Å². The molecule has 1 heteroatoms. The van der Waals surface area contributed by atoms with E-state index in [0.717, 1.165) is 32.1 Å². The lowest BCUT2D eigenvalue weighted by atomic mass is 9.67. The third-order valence-corrected chi connectivity index (χ3v) is 7.93. The summed E-state index contributed by atoms with van der Waals surface area (Å²) in [5.74, 6) is 0.617. The van der Waals surface area contributed by atoms with E-state index in [4.69, 9.17) is 0 Å². The van der Waals surface area contributed by atoms with E-state index < -0.39 is 0 Å². The van der Waals surface area contributed by atoms with Crippen molar-refractivity contribution in [3.05, 3.63) is 59.7 Å². The molecule has 1 aliphatic carbocycles. The first-order valence-corrected chi connectivity index (χ1v) is 13.8. The average molecular weight is 444 g/mol. The van der Waals surface area contributed by atoms with Crippen molar-refractivity contribution in [2.24, 2.45) is 5.41 Å². The first-order valence-electron chi connectivity index (χ1n) is 13.8. The summed E-state index contributed by atoms with van der Waals surface area (Å²) in [7, 11) is 0. The van der Waals surface area contributed by atoms with E-state index in [1.54, 1.807) is 0 Å². The van der Waals surface area contributed by atoms with Crippen LogP contribution in [-0.4, -0.2) is 0 Å². The smallest absolute Gasteiger partial charge is 0.0689 e. The Morgan fingerprint density at radius 2 is 1.27 bits per heavy atom. The molecular weight excluding hydrogens is 398 g/mol. The van der Waals surface area contributed by atoms with E-state index >= 15 is 0 Å². The quantitative estimate of drug-likeness (QED) is 0.282. The van der Waals surface area contributed by atoms with Gasteiger partial charge in [-0.15, -0.1) is 0 Å². The van der Waals surface area contributed by atoms with Crippen molar-refractivity contribution < 1.29 is 0 Å². The zero-order valence-corrected chi connectivity index (χ0v) is 21.2. The summed E-state index contributed by atoms with van der Waals surface area (Å²) in [6, 6.07) is 21.1. The van der Waals surface area contributed by atoms with E-state index in [1.165, 1.54) is 86.5 Å². The van der Waals surface area contributed by atoms with Crippen molar-refractivity contribution >= 4 is 0 Å². The fourth-order valence-corrected chi connectivity index (χ4v) is 5.53. The van der Waals surface area contributed by atoms with Gasteiger partial charge in [-0.05, 0) is 73.1 Å². The molecule has 0 aromatic heterocycles. The number of aryl methyl sites for hydroxylation is 1. The van der Waals surface area contributed by atoms with Crippen molar-refractivity contribution in [2.45, 2.75) is 116 Å². The Hall–Kier alpha value is -2.07. The molecular formula is C32H45N. The lowest BCUT2D eigenvalue weighted by molar-refractivity contribution is 0.223. The lowest BCUT2D eigenvalue weighted by Gasteiger charge is -2.35. The Bertz CT molecular complexity index is 832. The molecule has 0 unspecified atom stereocenters. The maximum atomic E-state index is 9.95. The summed E-state index contributed by atoms with van der Waals surface area (Å²) >= 11 is 0. The molecule has 1 nitrogen and oxygen atoms in total. The van der Waals surface area contributed by atoms with Gasteiger partial charge in [-0.25, -0.2) is 0 Å². The maximum Gasteiger partial charge on any atom is 0.0689 e. The van der Waals surface area contributed by atoms with Gasteiger partial charge in [0.2, 0.25) is 0 Å². The van der Waals surface area contributed by atoms with Gasteiger partial charge in [-0.1, -0.05) is 114 Å². The summed E-state index contributed by atoms with van der Waals surface area (Å²) in [6.45, 7) is 4.52. The van der Waals surface area contributed by atoms with Crippen molar-refractivity contribution in [3.63, 3.8) is 0 Å². The predicted molar refractivity (Wildman–Crippen MR) is 142 cm³/mol. The van der Waals surface area contributed by atoms with Crippen LogP contribution in [0, 0.1) is 16.7 Å². The SMILES string of the molecule is CCCCCCCCCC1(C#N)CCC(c2ccc(-c3ccc(CCCC)cc3)cc2)CC1. The van der Waals surface area contributed by atoms with Crippen LogP contribution in [0.2, 0.25) is 0 Å². The van der Waals surface area contributed by atoms with E-state index in [1.807, 2.05) is 0 Å². The molecule has 0 heterocycles. The lowest BCUT2D eigenvalue weighted by Crippen LogP contribution is -2.25. The number of nitrogens with zero attached hydrogens (tertiary/aromatic N) is 1. The molecule has 0 amide bonds. The van der Waals surface area contributed by atoms with Gasteiger partial charge in [-0.3, -0.25) is 0 Å². The third kappa shape index (κ3) is 7.74. The van der Waals surface area contributed by atoms with Crippen LogP contribution in [-0.2, 0) is 6.42 Å². The molecule has 0 saturated heterocycles. The molecule has 1 aliphatic rings. The minimum atomic E-state index is -0.0562. The predicted octanol–water partition coefficient (Wildman–Crippen LogP) is 10.0. The number of hydrogen-bond donors (Lipinski definition) is 0. The molecule has 2 aromatic carbocycles. The van der Waals surface area contributed by atoms with Crippen LogP contribution in [0.4, 0.5) is 0 Å². The molecule has 2 aromatic rings. The largest absolute Gasteiger partial charge is 0.198 e. The molecule has 1 saturated carbocycles. The van der Waals surface area contributed by atoms with Gasteiger partial charge in [0, 0.05) is 0 Å². The van der Waals surface area contributed by atoms with Gasteiger partial charge in [0.05, 0.1) is 11.5 Å². The Morgan fingerprint density at radius 1 is 0.727 bits per heavy atom. The number of nitriles is 1. The molecule has 178 valence electrons. The number of rotatable bonds is 13. The molecule has 33 heavy (non-hydrogen) atoms. The number of benzene rings is 2. The molecule has 0 aliphatic heterocycles. The van der Waals surface area contributed by atoms with Gasteiger partial charge in [-0.2, -0.15) is 5.26 Å². The Morgan fingerprint density at radius 3 is 1.85 bits per heavy atom. The van der Waals surface area contributed by atoms with Crippen LogP contribution in [0.25, 0.3) is 11.1 Å². The van der Waals surface area contributed by atoms with Gasteiger partial charge >= 0.3 is 0 Å². The molecule has 0 spiro atoms. The molecule has 1 fully saturated rings. The highest BCUT2D eigenvalue weighted by molar-refractivity contribution is 5.64. The standard InChI is InChI=1S/C32H45N/c1-3-5-7-8-9-10-11-23-32(26-33)24-21-31(22-25-32)30-19-17-29(18-20-30)28-15-13-27(14-16-28)12-6-4-2/h13-20,31H,3-12,21-25H2,1-2H3. The summed E-state index contributed by atoms with van der Waals surface area (Å²) in [5.41, 5.74) is 5.46. The summed E-state index contributed by atoms with van der Waals surface area (Å²) in [4.78, 5) is 0. The maximum absolute atomic E-state index is 9.95. The normalized spacial score (nSPS) is 20.5. The first-order chi connectivity index (χ1) is 16.2. The zero-order valence-electron chi connectivity index (χ0n) is 21.2. The van der Waals surface area contributed by atoms with E-state index in [2.05, 4.69) is 68.4 Å². The fraction of sp³-hybridized carbons (Fsp3) is 0.594.